The molecule has 0 atom stereocenters. The van der Waals surface area contributed by atoms with Crippen molar-refractivity contribution in [2.24, 2.45) is 0 Å². The lowest BCUT2D eigenvalue weighted by atomic mass is 10.1. The zero-order valence-electron chi connectivity index (χ0n) is 13.9. The molecular formula is C17H20Cl2N4O2. The van der Waals surface area contributed by atoms with Gasteiger partial charge in [0.05, 0.1) is 12.4 Å². The number of ether oxygens (including phenoxy) is 1. The highest BCUT2D eigenvalue weighted by Crippen LogP contribution is 2.21. The Balaban J connectivity index is 1.79. The van der Waals surface area contributed by atoms with Crippen molar-refractivity contribution in [3.05, 3.63) is 51.9 Å². The Kier molecular flexibility index (Phi) is 7.91. The molecule has 1 aromatic carbocycles. The molecule has 0 fully saturated rings. The molecule has 0 unspecified atom stereocenters. The number of hydrogen-bond donors (Lipinski definition) is 2. The van der Waals surface area contributed by atoms with Crippen LogP contribution in [0.5, 0.6) is 0 Å². The first-order valence-corrected chi connectivity index (χ1v) is 8.62. The summed E-state index contributed by atoms with van der Waals surface area (Å²) in [5, 5.41) is 7.16. The summed E-state index contributed by atoms with van der Waals surface area (Å²) < 4.78 is 4.93. The fourth-order valence-electron chi connectivity index (χ4n) is 2.10. The van der Waals surface area contributed by atoms with Gasteiger partial charge in [0.2, 0.25) is 0 Å². The summed E-state index contributed by atoms with van der Waals surface area (Å²) in [6.45, 7) is 1.78. The number of carbonyl (C=O) groups excluding carboxylic acids is 1. The van der Waals surface area contributed by atoms with Crippen LogP contribution in [0.15, 0.2) is 30.6 Å². The van der Waals surface area contributed by atoms with E-state index in [0.29, 0.717) is 35.6 Å². The number of hydrogen-bond acceptors (Lipinski definition) is 5. The predicted molar refractivity (Wildman–Crippen MR) is 99.5 cm³/mol. The molecule has 0 bridgehead atoms. The molecule has 1 heterocycles. The van der Waals surface area contributed by atoms with Gasteiger partial charge in [-0.3, -0.25) is 4.79 Å². The molecule has 2 aromatic rings. The number of methoxy groups -OCH3 is 1. The van der Waals surface area contributed by atoms with Crippen molar-refractivity contribution in [3.8, 4) is 0 Å². The number of nitrogens with zero attached hydrogens (tertiary/aromatic N) is 2. The Labute approximate surface area is 156 Å². The number of rotatable bonds is 9. The predicted octanol–water partition coefficient (Wildman–Crippen LogP) is 3.20. The molecule has 0 saturated carbocycles. The van der Waals surface area contributed by atoms with Crippen LogP contribution >= 0.6 is 23.2 Å². The first kappa shape index (κ1) is 19.4. The summed E-state index contributed by atoms with van der Waals surface area (Å²) in [5.41, 5.74) is 1.28. The summed E-state index contributed by atoms with van der Waals surface area (Å²) in [4.78, 5) is 20.2. The molecule has 0 saturated heterocycles. The van der Waals surface area contributed by atoms with Gasteiger partial charge in [-0.2, -0.15) is 0 Å². The van der Waals surface area contributed by atoms with Crippen LogP contribution in [0.1, 0.15) is 22.5 Å². The third-order valence-electron chi connectivity index (χ3n) is 3.41. The van der Waals surface area contributed by atoms with Crippen molar-refractivity contribution in [2.75, 3.05) is 32.1 Å². The van der Waals surface area contributed by atoms with Gasteiger partial charge < -0.3 is 15.4 Å². The topological polar surface area (TPSA) is 76.1 Å². The van der Waals surface area contributed by atoms with Crippen LogP contribution in [-0.2, 0) is 11.2 Å². The monoisotopic (exact) mass is 382 g/mol. The molecule has 0 aliphatic rings. The molecule has 2 N–H and O–H groups in total. The molecule has 8 heteroatoms. The second-order valence-corrected chi connectivity index (χ2v) is 6.15. The fourth-order valence-corrected chi connectivity index (χ4v) is 2.60. The Morgan fingerprint density at radius 3 is 2.72 bits per heavy atom. The van der Waals surface area contributed by atoms with Crippen LogP contribution in [0.4, 0.5) is 5.82 Å². The Bertz CT molecular complexity index is 696. The molecule has 0 aliphatic heterocycles. The number of amides is 1. The quantitative estimate of drug-likeness (QED) is 0.651. The number of aromatic nitrogens is 2. The van der Waals surface area contributed by atoms with Crippen molar-refractivity contribution in [1.82, 2.24) is 15.3 Å². The van der Waals surface area contributed by atoms with Crippen molar-refractivity contribution in [1.29, 1.82) is 0 Å². The first-order chi connectivity index (χ1) is 12.1. The Hall–Kier alpha value is -1.89. The average molecular weight is 383 g/mol. The summed E-state index contributed by atoms with van der Waals surface area (Å²) in [5.74, 6) is 0.351. The van der Waals surface area contributed by atoms with Crippen LogP contribution in [0, 0.1) is 0 Å². The van der Waals surface area contributed by atoms with Gasteiger partial charge >= 0.3 is 0 Å². The maximum Gasteiger partial charge on any atom is 0.271 e. The van der Waals surface area contributed by atoms with E-state index in [9.17, 15) is 4.79 Å². The third kappa shape index (κ3) is 6.49. The lowest BCUT2D eigenvalue weighted by Gasteiger charge is -2.08. The minimum Gasteiger partial charge on any atom is -0.385 e. The van der Waals surface area contributed by atoms with Gasteiger partial charge in [-0.1, -0.05) is 29.3 Å². The van der Waals surface area contributed by atoms with Crippen molar-refractivity contribution in [2.45, 2.75) is 12.8 Å². The Morgan fingerprint density at radius 1 is 1.20 bits per heavy atom. The highest BCUT2D eigenvalue weighted by Gasteiger charge is 2.07. The van der Waals surface area contributed by atoms with E-state index in [1.807, 2.05) is 12.1 Å². The number of benzene rings is 1. The first-order valence-electron chi connectivity index (χ1n) is 7.87. The van der Waals surface area contributed by atoms with Crippen LogP contribution in [0.3, 0.4) is 0 Å². The molecule has 2 rings (SSSR count). The zero-order chi connectivity index (χ0) is 18.1. The maximum absolute atomic E-state index is 11.9. The van der Waals surface area contributed by atoms with Crippen molar-refractivity contribution >= 4 is 34.9 Å². The highest BCUT2D eigenvalue weighted by atomic mass is 35.5. The minimum absolute atomic E-state index is 0.247. The average Bonchev–Trinajstić information content (AvgIpc) is 2.61. The number of halogens is 2. The van der Waals surface area contributed by atoms with E-state index in [0.717, 1.165) is 18.4 Å². The summed E-state index contributed by atoms with van der Waals surface area (Å²) in [7, 11) is 1.62. The second kappa shape index (κ2) is 10.2. The summed E-state index contributed by atoms with van der Waals surface area (Å²) in [6.07, 6.45) is 4.46. The van der Waals surface area contributed by atoms with Gasteiger partial charge in [0, 0.05) is 36.9 Å². The van der Waals surface area contributed by atoms with Gasteiger partial charge in [0.1, 0.15) is 11.5 Å². The van der Waals surface area contributed by atoms with E-state index < -0.39 is 0 Å². The van der Waals surface area contributed by atoms with E-state index in [1.165, 1.54) is 12.4 Å². The van der Waals surface area contributed by atoms with Gasteiger partial charge in [-0.25, -0.2) is 9.97 Å². The molecule has 1 amide bonds. The second-order valence-electron chi connectivity index (χ2n) is 5.30. The number of carbonyl (C=O) groups is 1. The van der Waals surface area contributed by atoms with Gasteiger partial charge in [0.15, 0.2) is 0 Å². The molecular weight excluding hydrogens is 363 g/mol. The molecule has 134 valence electrons. The van der Waals surface area contributed by atoms with E-state index in [2.05, 4.69) is 20.6 Å². The fraction of sp³-hybridized carbons (Fsp3) is 0.353. The van der Waals surface area contributed by atoms with E-state index >= 15 is 0 Å². The number of anilines is 1. The normalized spacial score (nSPS) is 10.5. The zero-order valence-corrected chi connectivity index (χ0v) is 15.4. The van der Waals surface area contributed by atoms with Crippen molar-refractivity contribution in [3.63, 3.8) is 0 Å². The molecule has 0 spiro atoms. The van der Waals surface area contributed by atoms with E-state index in [1.54, 1.807) is 13.2 Å². The maximum atomic E-state index is 11.9. The van der Waals surface area contributed by atoms with E-state index in [4.69, 9.17) is 27.9 Å². The lowest BCUT2D eigenvalue weighted by molar-refractivity contribution is 0.0943. The van der Waals surface area contributed by atoms with Gasteiger partial charge in [-0.05, 0) is 30.5 Å². The summed E-state index contributed by atoms with van der Waals surface area (Å²) in [6, 6.07) is 5.43. The van der Waals surface area contributed by atoms with E-state index in [-0.39, 0.29) is 11.6 Å². The molecule has 25 heavy (non-hydrogen) atoms. The molecule has 0 aliphatic carbocycles. The van der Waals surface area contributed by atoms with Crippen LogP contribution in [-0.4, -0.2) is 42.7 Å². The van der Waals surface area contributed by atoms with Gasteiger partial charge in [0.25, 0.3) is 5.91 Å². The van der Waals surface area contributed by atoms with Crippen LogP contribution < -0.4 is 10.6 Å². The number of nitrogens with one attached hydrogen (secondary N) is 2. The third-order valence-corrected chi connectivity index (χ3v) is 4.00. The highest BCUT2D eigenvalue weighted by molar-refractivity contribution is 6.35. The molecule has 6 nitrogen and oxygen atoms in total. The standard InChI is InChI=1S/C17H20Cl2N4O2/c1-25-8-2-6-21-17(24)15-10-23-16(11-22-15)20-7-5-12-3-4-13(18)9-14(12)19/h3-4,9-11H,2,5-8H2,1H3,(H,20,23)(H,21,24). The Morgan fingerprint density at radius 2 is 2.04 bits per heavy atom. The largest absolute Gasteiger partial charge is 0.385 e. The molecule has 1 aromatic heterocycles. The minimum atomic E-state index is -0.247. The van der Waals surface area contributed by atoms with Crippen LogP contribution in [0.2, 0.25) is 10.0 Å². The summed E-state index contributed by atoms with van der Waals surface area (Å²) >= 11 is 12.0. The van der Waals surface area contributed by atoms with Gasteiger partial charge in [-0.15, -0.1) is 0 Å². The van der Waals surface area contributed by atoms with Crippen LogP contribution in [0.25, 0.3) is 0 Å². The SMILES string of the molecule is COCCCNC(=O)c1cnc(NCCc2ccc(Cl)cc2Cl)cn1. The lowest BCUT2D eigenvalue weighted by Crippen LogP contribution is -2.26. The smallest absolute Gasteiger partial charge is 0.271 e. The molecule has 0 radical (unpaired) electrons. The van der Waals surface area contributed by atoms with Crippen molar-refractivity contribution < 1.29 is 9.53 Å².